The molecule has 2 aromatic carbocycles. The number of carbonyl (C=O) groups is 4. The zero-order valence-corrected chi connectivity index (χ0v) is 19.2. The van der Waals surface area contributed by atoms with Crippen molar-refractivity contribution in [1.82, 2.24) is 10.6 Å². The van der Waals surface area contributed by atoms with Crippen molar-refractivity contribution >= 4 is 35.6 Å². The zero-order valence-electron chi connectivity index (χ0n) is 18.4. The predicted molar refractivity (Wildman–Crippen MR) is 128 cm³/mol. The maximum atomic E-state index is 12.4. The van der Waals surface area contributed by atoms with Crippen molar-refractivity contribution in [2.24, 2.45) is 0 Å². The number of amides is 3. The number of hydrogen-bond donors (Lipinski definition) is 3. The van der Waals surface area contributed by atoms with E-state index in [-0.39, 0.29) is 29.8 Å². The van der Waals surface area contributed by atoms with E-state index in [1.54, 1.807) is 0 Å². The van der Waals surface area contributed by atoms with Crippen LogP contribution >= 0.6 is 11.8 Å². The highest BCUT2D eigenvalue weighted by molar-refractivity contribution is 8.00. The number of thioether (sulfide) groups is 1. The molecular weight excluding hydrogens is 472 g/mol. The second kappa shape index (κ2) is 10.9. The highest BCUT2D eigenvalue weighted by Crippen LogP contribution is 2.44. The molecule has 0 aliphatic heterocycles. The normalized spacial score (nSPS) is 12.8. The fourth-order valence-electron chi connectivity index (χ4n) is 3.86. The first-order valence-electron chi connectivity index (χ1n) is 10.7. The van der Waals surface area contributed by atoms with Crippen LogP contribution in [0.4, 0.5) is 4.79 Å². The first-order chi connectivity index (χ1) is 16.9. The molecular formula is C25H22N2O7S. The van der Waals surface area contributed by atoms with Crippen LogP contribution in [0.2, 0.25) is 0 Å². The van der Waals surface area contributed by atoms with Crippen molar-refractivity contribution in [2.45, 2.75) is 12.0 Å². The summed E-state index contributed by atoms with van der Waals surface area (Å²) in [5.74, 6) is -3.00. The van der Waals surface area contributed by atoms with Crippen LogP contribution < -0.4 is 10.6 Å². The first-order valence-corrected chi connectivity index (χ1v) is 11.9. The minimum absolute atomic E-state index is 0.0105. The van der Waals surface area contributed by atoms with Crippen LogP contribution in [-0.2, 0) is 14.3 Å². The van der Waals surface area contributed by atoms with Gasteiger partial charge in [0, 0.05) is 11.7 Å². The summed E-state index contributed by atoms with van der Waals surface area (Å²) < 4.78 is 10.3. The lowest BCUT2D eigenvalue weighted by Crippen LogP contribution is -2.43. The number of carboxylic acid groups (broad SMARTS) is 1. The maximum absolute atomic E-state index is 12.4. The smallest absolute Gasteiger partial charge is 0.407 e. The molecule has 1 heterocycles. The van der Waals surface area contributed by atoms with E-state index in [4.69, 9.17) is 9.15 Å². The highest BCUT2D eigenvalue weighted by atomic mass is 32.2. The molecule has 0 saturated carbocycles. The van der Waals surface area contributed by atoms with Gasteiger partial charge in [0.2, 0.25) is 5.91 Å². The van der Waals surface area contributed by atoms with E-state index in [0.29, 0.717) is 0 Å². The Labute approximate surface area is 204 Å². The van der Waals surface area contributed by atoms with Crippen molar-refractivity contribution in [1.29, 1.82) is 0 Å². The Morgan fingerprint density at radius 2 is 1.63 bits per heavy atom. The average molecular weight is 495 g/mol. The van der Waals surface area contributed by atoms with E-state index in [0.717, 1.165) is 34.0 Å². The van der Waals surface area contributed by atoms with Crippen molar-refractivity contribution in [3.05, 3.63) is 83.8 Å². The van der Waals surface area contributed by atoms with E-state index in [1.807, 2.05) is 48.5 Å². The summed E-state index contributed by atoms with van der Waals surface area (Å²) in [4.78, 5) is 47.7. The Kier molecular flexibility index (Phi) is 7.51. The monoisotopic (exact) mass is 494 g/mol. The number of carboxylic acids is 1. The van der Waals surface area contributed by atoms with Crippen LogP contribution in [0, 0.1) is 0 Å². The van der Waals surface area contributed by atoms with Crippen molar-refractivity contribution < 1.29 is 33.4 Å². The number of nitrogens with one attached hydrogen (secondary N) is 2. The van der Waals surface area contributed by atoms with E-state index in [1.165, 1.54) is 18.4 Å². The fourth-order valence-corrected chi connectivity index (χ4v) is 4.70. The molecule has 3 aromatic rings. The van der Waals surface area contributed by atoms with Gasteiger partial charge in [-0.1, -0.05) is 48.5 Å². The summed E-state index contributed by atoms with van der Waals surface area (Å²) in [5.41, 5.74) is 4.25. The van der Waals surface area contributed by atoms with Crippen LogP contribution in [0.15, 0.2) is 71.3 Å². The third kappa shape index (κ3) is 5.72. The number of rotatable bonds is 9. The number of aliphatic carboxylic acids is 1. The second-order valence-corrected chi connectivity index (χ2v) is 8.76. The van der Waals surface area contributed by atoms with Gasteiger partial charge < -0.3 is 19.6 Å². The van der Waals surface area contributed by atoms with Crippen molar-refractivity contribution in [2.75, 3.05) is 18.1 Å². The predicted octanol–water partition coefficient (Wildman–Crippen LogP) is 3.26. The number of alkyl carbamates (subject to hydrolysis) is 1. The van der Waals surface area contributed by atoms with Gasteiger partial charge in [0.25, 0.3) is 5.91 Å². The summed E-state index contributed by atoms with van der Waals surface area (Å²) in [6.07, 6.45) is 0.443. The number of hydrogen-bond acceptors (Lipinski definition) is 7. The molecule has 4 rings (SSSR count). The number of fused-ring (bicyclic) bond motifs is 3. The van der Waals surface area contributed by atoms with Crippen LogP contribution in [0.3, 0.4) is 0 Å². The SMILES string of the molecule is O=C(CSCC(NC(=O)OCC1c2ccccc2-c2ccccc21)C(=O)O)NC(=O)c1ccco1. The lowest BCUT2D eigenvalue weighted by atomic mass is 9.98. The Bertz CT molecular complexity index is 1200. The van der Waals surface area contributed by atoms with Gasteiger partial charge in [0.1, 0.15) is 12.6 Å². The molecule has 0 saturated heterocycles. The van der Waals surface area contributed by atoms with Gasteiger partial charge in [-0.05, 0) is 34.4 Å². The third-order valence-electron chi connectivity index (χ3n) is 5.45. The molecule has 180 valence electrons. The summed E-state index contributed by atoms with van der Waals surface area (Å²) in [6.45, 7) is 0.0522. The van der Waals surface area contributed by atoms with Gasteiger partial charge in [-0.15, -0.1) is 11.8 Å². The third-order valence-corrected chi connectivity index (χ3v) is 6.48. The van der Waals surface area contributed by atoms with Gasteiger partial charge in [0.05, 0.1) is 12.0 Å². The van der Waals surface area contributed by atoms with Gasteiger partial charge in [-0.25, -0.2) is 9.59 Å². The maximum Gasteiger partial charge on any atom is 0.407 e. The Morgan fingerprint density at radius 1 is 0.971 bits per heavy atom. The molecule has 0 bridgehead atoms. The minimum Gasteiger partial charge on any atom is -0.480 e. The van der Waals surface area contributed by atoms with E-state index >= 15 is 0 Å². The second-order valence-electron chi connectivity index (χ2n) is 7.73. The van der Waals surface area contributed by atoms with Crippen molar-refractivity contribution in [3.8, 4) is 11.1 Å². The van der Waals surface area contributed by atoms with Crippen LogP contribution in [0.1, 0.15) is 27.6 Å². The van der Waals surface area contributed by atoms with Gasteiger partial charge in [0.15, 0.2) is 5.76 Å². The van der Waals surface area contributed by atoms with E-state index in [9.17, 15) is 24.3 Å². The molecule has 3 N–H and O–H groups in total. The number of benzene rings is 2. The summed E-state index contributed by atoms with van der Waals surface area (Å²) in [7, 11) is 0. The quantitative estimate of drug-likeness (QED) is 0.413. The largest absolute Gasteiger partial charge is 0.480 e. The van der Waals surface area contributed by atoms with Crippen molar-refractivity contribution in [3.63, 3.8) is 0 Å². The molecule has 1 aliphatic carbocycles. The molecule has 3 amide bonds. The standard InChI is InChI=1S/C25H22N2O7S/c28-22(27-23(29)21-10-5-11-33-21)14-35-13-20(24(30)31)26-25(32)34-12-19-17-8-3-1-6-15(17)16-7-2-4-9-18(16)19/h1-11,19-20H,12-14H2,(H,26,32)(H,30,31)(H,27,28,29). The average Bonchev–Trinajstić information content (AvgIpc) is 3.49. The lowest BCUT2D eigenvalue weighted by Gasteiger charge is -2.17. The lowest BCUT2D eigenvalue weighted by molar-refractivity contribution is -0.138. The van der Waals surface area contributed by atoms with Crippen LogP contribution in [0.25, 0.3) is 11.1 Å². The Balaban J connectivity index is 1.27. The number of imide groups is 1. The molecule has 35 heavy (non-hydrogen) atoms. The molecule has 1 atom stereocenters. The summed E-state index contributed by atoms with van der Waals surface area (Å²) >= 11 is 0.958. The van der Waals surface area contributed by atoms with E-state index in [2.05, 4.69) is 10.6 Å². The molecule has 1 aliphatic rings. The molecule has 0 radical (unpaired) electrons. The van der Waals surface area contributed by atoms with E-state index < -0.39 is 29.9 Å². The molecule has 1 aromatic heterocycles. The topological polar surface area (TPSA) is 135 Å². The highest BCUT2D eigenvalue weighted by Gasteiger charge is 2.29. The molecule has 10 heteroatoms. The molecule has 9 nitrogen and oxygen atoms in total. The minimum atomic E-state index is -1.27. The number of furan rings is 1. The first kappa shape index (κ1) is 24.1. The number of carbonyl (C=O) groups excluding carboxylic acids is 3. The number of ether oxygens (including phenoxy) is 1. The molecule has 0 spiro atoms. The Hall–Kier alpha value is -4.05. The van der Waals surface area contributed by atoms with Gasteiger partial charge >= 0.3 is 12.1 Å². The van der Waals surface area contributed by atoms with Gasteiger partial charge in [-0.3, -0.25) is 14.9 Å². The van der Waals surface area contributed by atoms with Crippen LogP contribution in [0.5, 0.6) is 0 Å². The zero-order chi connectivity index (χ0) is 24.8. The van der Waals surface area contributed by atoms with Crippen LogP contribution in [-0.4, -0.2) is 53.1 Å². The Morgan fingerprint density at radius 3 is 2.23 bits per heavy atom. The fraction of sp³-hybridized carbons (Fsp3) is 0.200. The van der Waals surface area contributed by atoms with Gasteiger partial charge in [-0.2, -0.15) is 0 Å². The molecule has 1 unspecified atom stereocenters. The molecule has 0 fully saturated rings. The summed E-state index contributed by atoms with van der Waals surface area (Å²) in [6, 6.07) is 17.4. The summed E-state index contributed by atoms with van der Waals surface area (Å²) in [5, 5.41) is 13.9.